The molecule has 3 rings (SSSR count). The Morgan fingerprint density at radius 1 is 0.955 bits per heavy atom. The molecule has 0 saturated heterocycles. The predicted molar refractivity (Wildman–Crippen MR) is 81.0 cm³/mol. The molecule has 2 N–H and O–H groups in total. The summed E-state index contributed by atoms with van der Waals surface area (Å²) in [7, 11) is 0. The summed E-state index contributed by atoms with van der Waals surface area (Å²) in [5, 5.41) is 0. The number of nitrogens with zero attached hydrogens (tertiary/aromatic N) is 2. The van der Waals surface area contributed by atoms with Crippen LogP contribution in [0.3, 0.4) is 0 Å². The summed E-state index contributed by atoms with van der Waals surface area (Å²) >= 11 is 0. The van der Waals surface area contributed by atoms with Crippen LogP contribution in [-0.2, 0) is 13.1 Å². The maximum atomic E-state index is 13.4. The molecule has 3 aromatic rings. The van der Waals surface area contributed by atoms with E-state index in [2.05, 4.69) is 4.98 Å². The van der Waals surface area contributed by atoms with Crippen molar-refractivity contribution in [2.75, 3.05) is 0 Å². The van der Waals surface area contributed by atoms with Crippen molar-refractivity contribution in [3.8, 4) is 11.4 Å². The first-order valence-corrected chi connectivity index (χ1v) is 6.92. The zero-order valence-electron chi connectivity index (χ0n) is 11.8. The van der Waals surface area contributed by atoms with E-state index in [4.69, 9.17) is 5.73 Å². The molecule has 112 valence electrons. The van der Waals surface area contributed by atoms with Crippen LogP contribution in [0.2, 0.25) is 0 Å². The second-order valence-electron chi connectivity index (χ2n) is 5.03. The molecule has 0 saturated carbocycles. The summed E-state index contributed by atoms with van der Waals surface area (Å²) in [6.07, 6.45) is 3.46. The summed E-state index contributed by atoms with van der Waals surface area (Å²) in [6.45, 7) is 1.10. The second kappa shape index (κ2) is 6.07. The van der Waals surface area contributed by atoms with Crippen LogP contribution in [0.4, 0.5) is 8.78 Å². The van der Waals surface area contributed by atoms with Crippen molar-refractivity contribution in [3.63, 3.8) is 0 Å². The Morgan fingerprint density at radius 2 is 1.68 bits per heavy atom. The molecular formula is C17H15F2N3. The summed E-state index contributed by atoms with van der Waals surface area (Å²) in [5.74, 6) is -1.14. The van der Waals surface area contributed by atoms with Crippen molar-refractivity contribution in [2.45, 2.75) is 13.1 Å². The van der Waals surface area contributed by atoms with Crippen molar-refractivity contribution in [1.29, 1.82) is 0 Å². The van der Waals surface area contributed by atoms with Gasteiger partial charge >= 0.3 is 0 Å². The average Bonchev–Trinajstić information content (AvgIpc) is 2.99. The molecule has 0 bridgehead atoms. The van der Waals surface area contributed by atoms with Gasteiger partial charge in [0.15, 0.2) is 11.6 Å². The van der Waals surface area contributed by atoms with Crippen LogP contribution in [0.15, 0.2) is 54.9 Å². The minimum atomic E-state index is -0.876. The third kappa shape index (κ3) is 2.89. The molecule has 3 nitrogen and oxygen atoms in total. The Morgan fingerprint density at radius 3 is 2.36 bits per heavy atom. The fourth-order valence-electron chi connectivity index (χ4n) is 2.31. The molecule has 22 heavy (non-hydrogen) atoms. The lowest BCUT2D eigenvalue weighted by Gasteiger charge is -2.09. The lowest BCUT2D eigenvalue weighted by atomic mass is 10.1. The molecule has 0 aliphatic heterocycles. The van der Waals surface area contributed by atoms with Crippen molar-refractivity contribution in [1.82, 2.24) is 9.55 Å². The van der Waals surface area contributed by atoms with E-state index in [1.165, 1.54) is 6.07 Å². The van der Waals surface area contributed by atoms with Crippen LogP contribution in [0.25, 0.3) is 11.4 Å². The molecule has 0 fully saturated rings. The highest BCUT2D eigenvalue weighted by atomic mass is 19.2. The maximum Gasteiger partial charge on any atom is 0.159 e. The molecule has 0 radical (unpaired) electrons. The third-order valence-electron chi connectivity index (χ3n) is 3.50. The summed E-state index contributed by atoms with van der Waals surface area (Å²) < 4.78 is 28.3. The van der Waals surface area contributed by atoms with Gasteiger partial charge in [-0.25, -0.2) is 13.8 Å². The van der Waals surface area contributed by atoms with E-state index in [-0.39, 0.29) is 0 Å². The van der Waals surface area contributed by atoms with Crippen molar-refractivity contribution < 1.29 is 8.78 Å². The van der Waals surface area contributed by atoms with E-state index in [0.29, 0.717) is 24.5 Å². The van der Waals surface area contributed by atoms with Crippen LogP contribution in [0, 0.1) is 11.6 Å². The van der Waals surface area contributed by atoms with Gasteiger partial charge in [0.1, 0.15) is 5.82 Å². The fourth-order valence-corrected chi connectivity index (χ4v) is 2.31. The zero-order valence-corrected chi connectivity index (χ0v) is 11.8. The van der Waals surface area contributed by atoms with Crippen LogP contribution in [-0.4, -0.2) is 9.55 Å². The minimum absolute atomic E-state index is 0.505. The monoisotopic (exact) mass is 299 g/mol. The van der Waals surface area contributed by atoms with Crippen LogP contribution >= 0.6 is 0 Å². The molecule has 2 aromatic carbocycles. The number of halogens is 2. The minimum Gasteiger partial charge on any atom is -0.327 e. The van der Waals surface area contributed by atoms with Crippen LogP contribution in [0.1, 0.15) is 11.1 Å². The predicted octanol–water partition coefficient (Wildman–Crippen LogP) is 3.34. The van der Waals surface area contributed by atoms with Gasteiger partial charge < -0.3 is 10.3 Å². The van der Waals surface area contributed by atoms with E-state index < -0.39 is 11.6 Å². The SMILES string of the molecule is NCc1ccc(Cn2ccnc2-c2ccc(F)c(F)c2)cc1. The second-order valence-corrected chi connectivity index (χ2v) is 5.03. The van der Waals surface area contributed by atoms with Crippen molar-refractivity contribution in [2.24, 2.45) is 5.73 Å². The number of benzene rings is 2. The Bertz CT molecular complexity index is 779. The number of hydrogen-bond acceptors (Lipinski definition) is 2. The molecule has 0 aliphatic rings. The van der Waals surface area contributed by atoms with E-state index in [9.17, 15) is 8.78 Å². The topological polar surface area (TPSA) is 43.8 Å². The van der Waals surface area contributed by atoms with Gasteiger partial charge in [-0.15, -0.1) is 0 Å². The van der Waals surface area contributed by atoms with Gasteiger partial charge in [0.2, 0.25) is 0 Å². The molecule has 5 heteroatoms. The summed E-state index contributed by atoms with van der Waals surface area (Å²) in [4.78, 5) is 4.24. The van der Waals surface area contributed by atoms with Crippen LogP contribution in [0.5, 0.6) is 0 Å². The van der Waals surface area contributed by atoms with Gasteiger partial charge in [-0.2, -0.15) is 0 Å². The van der Waals surface area contributed by atoms with Gasteiger partial charge in [0, 0.05) is 31.0 Å². The third-order valence-corrected chi connectivity index (χ3v) is 3.50. The highest BCUT2D eigenvalue weighted by molar-refractivity contribution is 5.55. The van der Waals surface area contributed by atoms with Gasteiger partial charge in [0.25, 0.3) is 0 Å². The molecule has 0 unspecified atom stereocenters. The van der Waals surface area contributed by atoms with E-state index in [0.717, 1.165) is 23.3 Å². The first kappa shape index (κ1) is 14.4. The Kier molecular flexibility index (Phi) is 3.98. The summed E-state index contributed by atoms with van der Waals surface area (Å²) in [5.41, 5.74) is 8.27. The molecule has 1 aromatic heterocycles. The number of hydrogen-bond donors (Lipinski definition) is 1. The Balaban J connectivity index is 1.89. The van der Waals surface area contributed by atoms with Crippen LogP contribution < -0.4 is 5.73 Å². The van der Waals surface area contributed by atoms with E-state index in [1.54, 1.807) is 6.20 Å². The molecule has 0 aliphatic carbocycles. The highest BCUT2D eigenvalue weighted by Gasteiger charge is 2.10. The number of rotatable bonds is 4. The maximum absolute atomic E-state index is 13.4. The van der Waals surface area contributed by atoms with E-state index >= 15 is 0 Å². The zero-order chi connectivity index (χ0) is 15.5. The Hall–Kier alpha value is -2.53. The molecule has 0 atom stereocenters. The molecule has 1 heterocycles. The summed E-state index contributed by atoms with van der Waals surface area (Å²) in [6, 6.07) is 11.7. The highest BCUT2D eigenvalue weighted by Crippen LogP contribution is 2.21. The normalized spacial score (nSPS) is 10.9. The van der Waals surface area contributed by atoms with Crippen molar-refractivity contribution in [3.05, 3.63) is 77.6 Å². The molecular weight excluding hydrogens is 284 g/mol. The van der Waals surface area contributed by atoms with Gasteiger partial charge in [-0.05, 0) is 29.3 Å². The number of nitrogens with two attached hydrogens (primary N) is 1. The fraction of sp³-hybridized carbons (Fsp3) is 0.118. The van der Waals surface area contributed by atoms with Gasteiger partial charge in [0.05, 0.1) is 0 Å². The first-order valence-electron chi connectivity index (χ1n) is 6.92. The Labute approximate surface area is 127 Å². The van der Waals surface area contributed by atoms with Gasteiger partial charge in [-0.1, -0.05) is 24.3 Å². The average molecular weight is 299 g/mol. The van der Waals surface area contributed by atoms with E-state index in [1.807, 2.05) is 35.0 Å². The smallest absolute Gasteiger partial charge is 0.159 e. The molecule has 0 spiro atoms. The number of aromatic nitrogens is 2. The largest absolute Gasteiger partial charge is 0.327 e. The standard InChI is InChI=1S/C17H15F2N3/c18-15-6-5-14(9-16(15)19)17-21-7-8-22(17)11-13-3-1-12(10-20)2-4-13/h1-9H,10-11,20H2. The van der Waals surface area contributed by atoms with Gasteiger partial charge in [-0.3, -0.25) is 0 Å². The molecule has 0 amide bonds. The lowest BCUT2D eigenvalue weighted by Crippen LogP contribution is -2.02. The lowest BCUT2D eigenvalue weighted by molar-refractivity contribution is 0.509. The number of imidazole rings is 1. The van der Waals surface area contributed by atoms with Crippen molar-refractivity contribution >= 4 is 0 Å². The quantitative estimate of drug-likeness (QED) is 0.803. The first-order chi connectivity index (χ1) is 10.7.